The molecule has 0 aliphatic carbocycles. The highest BCUT2D eigenvalue weighted by Gasteiger charge is 2.33. The van der Waals surface area contributed by atoms with Crippen molar-refractivity contribution in [3.8, 4) is 11.5 Å². The van der Waals surface area contributed by atoms with Gasteiger partial charge >= 0.3 is 0 Å². The van der Waals surface area contributed by atoms with Crippen LogP contribution in [0.3, 0.4) is 0 Å². The molecule has 8 heteroatoms. The Morgan fingerprint density at radius 3 is 2.54 bits per heavy atom. The third-order valence-electron chi connectivity index (χ3n) is 7.23. The van der Waals surface area contributed by atoms with Crippen LogP contribution < -0.4 is 14.8 Å². The van der Waals surface area contributed by atoms with E-state index in [1.54, 1.807) is 0 Å². The largest absolute Gasteiger partial charge is 0.486 e. The van der Waals surface area contributed by atoms with Crippen molar-refractivity contribution >= 4 is 17.5 Å². The molecule has 0 bridgehead atoms. The summed E-state index contributed by atoms with van der Waals surface area (Å²) < 4.78 is 11.3. The summed E-state index contributed by atoms with van der Waals surface area (Å²) in [7, 11) is 0. The van der Waals surface area contributed by atoms with E-state index in [-0.39, 0.29) is 11.8 Å². The number of hydrogen-bond donors (Lipinski definition) is 2. The maximum atomic E-state index is 13.3. The minimum Gasteiger partial charge on any atom is -0.486 e. The van der Waals surface area contributed by atoms with Gasteiger partial charge in [-0.3, -0.25) is 9.69 Å². The second kappa shape index (κ2) is 11.2. The Bertz CT molecular complexity index is 1010. The second-order valence-electron chi connectivity index (χ2n) is 9.82. The van der Waals surface area contributed by atoms with E-state index in [0.717, 1.165) is 56.0 Å². The summed E-state index contributed by atoms with van der Waals surface area (Å²) in [5.41, 5.74) is 1.92. The van der Waals surface area contributed by atoms with Gasteiger partial charge in [0.1, 0.15) is 19.3 Å². The van der Waals surface area contributed by atoms with Gasteiger partial charge in [0.2, 0.25) is 5.91 Å². The fourth-order valence-electron chi connectivity index (χ4n) is 5.28. The topological polar surface area (TPSA) is 74.3 Å². The van der Waals surface area contributed by atoms with Crippen molar-refractivity contribution in [3.05, 3.63) is 58.6 Å². The Labute approximate surface area is 212 Å². The minimum absolute atomic E-state index is 0.0180. The first-order chi connectivity index (χ1) is 17.0. The van der Waals surface area contributed by atoms with Gasteiger partial charge in [-0.15, -0.1) is 0 Å². The minimum atomic E-state index is -0.832. The Balaban J connectivity index is 1.24. The molecular formula is C27H34ClN3O4. The maximum Gasteiger partial charge on any atom is 0.224 e. The molecule has 35 heavy (non-hydrogen) atoms. The van der Waals surface area contributed by atoms with Crippen molar-refractivity contribution < 1.29 is 19.4 Å². The first-order valence-electron chi connectivity index (χ1n) is 12.6. The molecule has 2 N–H and O–H groups in total. The van der Waals surface area contributed by atoms with E-state index in [1.165, 1.54) is 5.56 Å². The van der Waals surface area contributed by atoms with Crippen LogP contribution in [-0.4, -0.2) is 72.8 Å². The van der Waals surface area contributed by atoms with Crippen LogP contribution in [0.15, 0.2) is 42.5 Å². The average molecular weight is 500 g/mol. The quantitative estimate of drug-likeness (QED) is 0.581. The molecule has 0 unspecified atom stereocenters. The van der Waals surface area contributed by atoms with E-state index in [2.05, 4.69) is 15.1 Å². The van der Waals surface area contributed by atoms with Crippen molar-refractivity contribution in [1.82, 2.24) is 15.1 Å². The highest BCUT2D eigenvalue weighted by Crippen LogP contribution is 2.34. The molecule has 0 radical (unpaired) electrons. The van der Waals surface area contributed by atoms with Gasteiger partial charge in [-0.25, -0.2) is 0 Å². The van der Waals surface area contributed by atoms with Crippen LogP contribution >= 0.6 is 11.6 Å². The summed E-state index contributed by atoms with van der Waals surface area (Å²) in [6.07, 6.45) is 2.30. The average Bonchev–Trinajstić information content (AvgIpc) is 3.57. The number of carbonyl (C=O) groups excluding carboxylic acids is 1. The van der Waals surface area contributed by atoms with Crippen molar-refractivity contribution in [2.24, 2.45) is 5.92 Å². The molecule has 2 aromatic rings. The third-order valence-corrected chi connectivity index (χ3v) is 7.48. The lowest BCUT2D eigenvalue weighted by molar-refractivity contribution is -0.126. The summed E-state index contributed by atoms with van der Waals surface area (Å²) in [6, 6.07) is 13.0. The van der Waals surface area contributed by atoms with Gasteiger partial charge in [0, 0.05) is 24.7 Å². The number of ether oxygens (including phenoxy) is 2. The third kappa shape index (κ3) is 6.09. The number of nitrogens with zero attached hydrogens (tertiary/aromatic N) is 2. The first kappa shape index (κ1) is 24.4. The van der Waals surface area contributed by atoms with Crippen molar-refractivity contribution in [3.63, 3.8) is 0 Å². The normalized spacial score (nSPS) is 22.2. The predicted molar refractivity (Wildman–Crippen MR) is 135 cm³/mol. The van der Waals surface area contributed by atoms with Gasteiger partial charge < -0.3 is 24.8 Å². The summed E-state index contributed by atoms with van der Waals surface area (Å²) in [4.78, 5) is 17.9. The zero-order chi connectivity index (χ0) is 24.2. The van der Waals surface area contributed by atoms with Gasteiger partial charge in [0.05, 0.1) is 12.0 Å². The van der Waals surface area contributed by atoms with Gasteiger partial charge in [0.15, 0.2) is 11.5 Å². The lowest BCUT2D eigenvalue weighted by Gasteiger charge is -2.30. The van der Waals surface area contributed by atoms with E-state index < -0.39 is 12.1 Å². The van der Waals surface area contributed by atoms with Crippen LogP contribution in [0.4, 0.5) is 0 Å². The molecule has 3 aliphatic rings. The summed E-state index contributed by atoms with van der Waals surface area (Å²) >= 11 is 6.00. The molecule has 0 saturated carbocycles. The van der Waals surface area contributed by atoms with Crippen LogP contribution in [0.5, 0.6) is 11.5 Å². The van der Waals surface area contributed by atoms with E-state index in [1.807, 2.05) is 42.5 Å². The lowest BCUT2D eigenvalue weighted by atomic mass is 9.99. The molecule has 1 amide bonds. The van der Waals surface area contributed by atoms with E-state index in [0.29, 0.717) is 37.8 Å². The molecule has 3 heterocycles. The number of hydrogen-bond acceptors (Lipinski definition) is 6. The molecule has 2 fully saturated rings. The van der Waals surface area contributed by atoms with Crippen molar-refractivity contribution in [2.45, 2.75) is 38.0 Å². The number of benzene rings is 2. The molecule has 3 atom stereocenters. The molecule has 2 aromatic carbocycles. The van der Waals surface area contributed by atoms with E-state index >= 15 is 0 Å². The van der Waals surface area contributed by atoms with Crippen molar-refractivity contribution in [2.75, 3.05) is 45.9 Å². The van der Waals surface area contributed by atoms with E-state index in [4.69, 9.17) is 21.1 Å². The van der Waals surface area contributed by atoms with Crippen LogP contribution in [-0.2, 0) is 11.3 Å². The zero-order valence-electron chi connectivity index (χ0n) is 20.0. The zero-order valence-corrected chi connectivity index (χ0v) is 20.8. The predicted octanol–water partition coefficient (Wildman–Crippen LogP) is 3.25. The van der Waals surface area contributed by atoms with Crippen LogP contribution in [0.2, 0.25) is 5.02 Å². The monoisotopic (exact) mass is 499 g/mol. The molecule has 0 aromatic heterocycles. The SMILES string of the molecule is O=C(N[C@H](CN1CCCC1)[C@H](O)c1ccc2c(c1)OCCO2)[C@@H]1CCN(Cc2ccc(Cl)cc2)C1. The number of rotatable bonds is 8. The Hall–Kier alpha value is -2.32. The number of carbonyl (C=O) groups is 1. The smallest absolute Gasteiger partial charge is 0.224 e. The number of likely N-dealkylation sites (tertiary alicyclic amines) is 2. The van der Waals surface area contributed by atoms with Crippen LogP contribution in [0.1, 0.15) is 36.5 Å². The van der Waals surface area contributed by atoms with Gasteiger partial charge in [-0.1, -0.05) is 29.8 Å². The Kier molecular flexibility index (Phi) is 7.78. The van der Waals surface area contributed by atoms with Gasteiger partial charge in [0.25, 0.3) is 0 Å². The Morgan fingerprint density at radius 1 is 1.03 bits per heavy atom. The molecule has 3 aliphatic heterocycles. The molecular weight excluding hydrogens is 466 g/mol. The maximum absolute atomic E-state index is 13.3. The standard InChI is InChI=1S/C27H34ClN3O4/c28-22-6-3-19(4-7-22)16-31-12-9-21(17-31)27(33)29-23(18-30-10-1-2-11-30)26(32)20-5-8-24-25(15-20)35-14-13-34-24/h3-8,15,21,23,26,32H,1-2,9-14,16-18H2,(H,29,33)/t21-,23-,26-/m1/s1. The van der Waals surface area contributed by atoms with Crippen LogP contribution in [0.25, 0.3) is 0 Å². The molecule has 5 rings (SSSR count). The fourth-order valence-corrected chi connectivity index (χ4v) is 5.41. The number of amides is 1. The molecule has 2 saturated heterocycles. The van der Waals surface area contributed by atoms with E-state index in [9.17, 15) is 9.90 Å². The second-order valence-corrected chi connectivity index (χ2v) is 10.3. The molecule has 0 spiro atoms. The van der Waals surface area contributed by atoms with Gasteiger partial charge in [-0.2, -0.15) is 0 Å². The lowest BCUT2D eigenvalue weighted by Crippen LogP contribution is -2.48. The molecule has 188 valence electrons. The molecule has 7 nitrogen and oxygen atoms in total. The van der Waals surface area contributed by atoms with Crippen LogP contribution in [0, 0.1) is 5.92 Å². The number of fused-ring (bicyclic) bond motifs is 1. The number of halogens is 1. The summed E-state index contributed by atoms with van der Waals surface area (Å²) in [5.74, 6) is 1.27. The number of nitrogens with one attached hydrogen (secondary N) is 1. The van der Waals surface area contributed by atoms with Gasteiger partial charge in [-0.05, 0) is 74.3 Å². The number of aliphatic hydroxyl groups is 1. The summed E-state index contributed by atoms with van der Waals surface area (Å²) in [5, 5.41) is 15.3. The summed E-state index contributed by atoms with van der Waals surface area (Å²) in [6.45, 7) is 6.04. The van der Waals surface area contributed by atoms with Crippen molar-refractivity contribution in [1.29, 1.82) is 0 Å². The highest BCUT2D eigenvalue weighted by atomic mass is 35.5. The highest BCUT2D eigenvalue weighted by molar-refractivity contribution is 6.30. The fraction of sp³-hybridized carbons (Fsp3) is 0.519. The first-order valence-corrected chi connectivity index (χ1v) is 13.0. The number of aliphatic hydroxyl groups excluding tert-OH is 1. The Morgan fingerprint density at radius 2 is 1.77 bits per heavy atom.